The molecule has 0 radical (unpaired) electrons. The molecule has 0 bridgehead atoms. The van der Waals surface area contributed by atoms with Crippen molar-refractivity contribution in [3.8, 4) is 17.2 Å². The molecule has 3 aromatic carbocycles. The second kappa shape index (κ2) is 7.44. The number of hydrogen-bond acceptors (Lipinski definition) is 7. The lowest BCUT2D eigenvalue weighted by atomic mass is 9.96. The lowest BCUT2D eigenvalue weighted by molar-refractivity contribution is -0.386. The van der Waals surface area contributed by atoms with Crippen molar-refractivity contribution in [3.05, 3.63) is 86.6 Å². The van der Waals surface area contributed by atoms with Crippen molar-refractivity contribution in [2.24, 2.45) is 9.98 Å². The maximum absolute atomic E-state index is 11.5. The fraction of sp³-hybridized carbons (Fsp3) is 0.0476. The second-order valence-corrected chi connectivity index (χ2v) is 6.39. The summed E-state index contributed by atoms with van der Waals surface area (Å²) in [7, 11) is 0. The number of carboxylic acid groups (broad SMARTS) is 1. The van der Waals surface area contributed by atoms with Crippen molar-refractivity contribution in [2.45, 2.75) is 0 Å². The van der Waals surface area contributed by atoms with Gasteiger partial charge < -0.3 is 10.4 Å². The molecule has 0 unspecified atom stereocenters. The molecule has 2 N–H and O–H groups in total. The SMILES string of the molecule is N#Cc1ccccc1-c1cc(C(=O)O)ccc1Nc1ccc([N+](=O)[O-])c2c1=NCN=2. The van der Waals surface area contributed by atoms with E-state index in [4.69, 9.17) is 0 Å². The third-order valence-electron chi connectivity index (χ3n) is 4.66. The van der Waals surface area contributed by atoms with Crippen molar-refractivity contribution in [1.82, 2.24) is 0 Å². The molecule has 30 heavy (non-hydrogen) atoms. The Morgan fingerprint density at radius 1 is 1.07 bits per heavy atom. The smallest absolute Gasteiger partial charge is 0.335 e. The molecule has 0 spiro atoms. The largest absolute Gasteiger partial charge is 0.478 e. The van der Waals surface area contributed by atoms with Gasteiger partial charge in [0.1, 0.15) is 12.0 Å². The molecule has 4 rings (SSSR count). The molecule has 1 aliphatic heterocycles. The van der Waals surface area contributed by atoms with Crippen LogP contribution in [0.15, 0.2) is 64.6 Å². The van der Waals surface area contributed by atoms with E-state index >= 15 is 0 Å². The van der Waals surface area contributed by atoms with Crippen LogP contribution in [0.3, 0.4) is 0 Å². The molecular weight excluding hydrogens is 386 g/mol. The number of aromatic carboxylic acids is 1. The number of rotatable bonds is 5. The van der Waals surface area contributed by atoms with Gasteiger partial charge in [-0.1, -0.05) is 18.2 Å². The van der Waals surface area contributed by atoms with E-state index in [0.29, 0.717) is 33.4 Å². The molecule has 0 aliphatic carbocycles. The van der Waals surface area contributed by atoms with E-state index < -0.39 is 10.9 Å². The fourth-order valence-corrected chi connectivity index (χ4v) is 3.28. The molecule has 0 amide bonds. The number of fused-ring (bicyclic) bond motifs is 1. The summed E-state index contributed by atoms with van der Waals surface area (Å²) in [6, 6.07) is 16.4. The Hall–Kier alpha value is -4.58. The predicted octanol–water partition coefficient (Wildman–Crippen LogP) is 2.79. The number of hydrogen-bond donors (Lipinski definition) is 2. The second-order valence-electron chi connectivity index (χ2n) is 6.39. The Bertz CT molecular complexity index is 1380. The zero-order valence-electron chi connectivity index (χ0n) is 15.4. The minimum atomic E-state index is -1.10. The van der Waals surface area contributed by atoms with Crippen LogP contribution in [0.2, 0.25) is 0 Å². The number of nitriles is 1. The Labute approximate surface area is 169 Å². The van der Waals surface area contributed by atoms with Gasteiger partial charge in [0, 0.05) is 22.9 Å². The maximum Gasteiger partial charge on any atom is 0.335 e. The molecule has 9 nitrogen and oxygen atoms in total. The van der Waals surface area contributed by atoms with E-state index in [1.165, 1.54) is 24.3 Å². The third-order valence-corrected chi connectivity index (χ3v) is 4.66. The van der Waals surface area contributed by atoms with Crippen molar-refractivity contribution in [1.29, 1.82) is 5.26 Å². The first-order valence-electron chi connectivity index (χ1n) is 8.80. The Kier molecular flexibility index (Phi) is 4.66. The van der Waals surface area contributed by atoms with Crippen molar-refractivity contribution < 1.29 is 14.8 Å². The number of nitro groups is 1. The van der Waals surface area contributed by atoms with E-state index in [1.807, 2.05) is 0 Å². The van der Waals surface area contributed by atoms with Crippen LogP contribution in [0.25, 0.3) is 11.1 Å². The van der Waals surface area contributed by atoms with E-state index in [9.17, 15) is 25.3 Å². The molecule has 0 fully saturated rings. The maximum atomic E-state index is 11.5. The van der Waals surface area contributed by atoms with Gasteiger partial charge in [0.15, 0.2) is 5.36 Å². The van der Waals surface area contributed by atoms with E-state index in [0.717, 1.165) is 0 Å². The van der Waals surface area contributed by atoms with E-state index in [2.05, 4.69) is 21.4 Å². The molecule has 146 valence electrons. The summed E-state index contributed by atoms with van der Waals surface area (Å²) in [5, 5.41) is 33.8. The van der Waals surface area contributed by atoms with E-state index in [1.54, 1.807) is 30.3 Å². The highest BCUT2D eigenvalue weighted by atomic mass is 16.6. The molecule has 0 saturated carbocycles. The topological polar surface area (TPSA) is 141 Å². The van der Waals surface area contributed by atoms with Gasteiger partial charge in [-0.25, -0.2) is 4.79 Å². The molecule has 0 aromatic heterocycles. The van der Waals surface area contributed by atoms with Crippen LogP contribution in [-0.4, -0.2) is 22.7 Å². The first-order chi connectivity index (χ1) is 14.5. The quantitative estimate of drug-likeness (QED) is 0.499. The summed E-state index contributed by atoms with van der Waals surface area (Å²) < 4.78 is 0. The molecule has 1 heterocycles. The minimum Gasteiger partial charge on any atom is -0.478 e. The van der Waals surface area contributed by atoms with Crippen LogP contribution >= 0.6 is 0 Å². The average molecular weight is 399 g/mol. The van der Waals surface area contributed by atoms with Crippen molar-refractivity contribution in [3.63, 3.8) is 0 Å². The lowest BCUT2D eigenvalue weighted by Crippen LogP contribution is -2.27. The zero-order valence-corrected chi connectivity index (χ0v) is 15.4. The van der Waals surface area contributed by atoms with Gasteiger partial charge in [-0.2, -0.15) is 5.26 Å². The molecule has 1 aliphatic rings. The molecule has 9 heteroatoms. The summed E-state index contributed by atoms with van der Waals surface area (Å²) in [6.45, 7) is 0.0942. The van der Waals surface area contributed by atoms with Gasteiger partial charge in [0.05, 0.1) is 27.8 Å². The molecular formula is C21H13N5O4. The number of carbonyl (C=O) groups is 1. The monoisotopic (exact) mass is 399 g/mol. The van der Waals surface area contributed by atoms with Gasteiger partial charge in [0.2, 0.25) is 0 Å². The third kappa shape index (κ3) is 3.22. The first kappa shape index (κ1) is 18.8. The summed E-state index contributed by atoms with van der Waals surface area (Å²) >= 11 is 0. The Balaban J connectivity index is 1.89. The van der Waals surface area contributed by atoms with Crippen LogP contribution < -0.4 is 16.0 Å². The van der Waals surface area contributed by atoms with Crippen LogP contribution in [0.1, 0.15) is 15.9 Å². The Morgan fingerprint density at radius 2 is 1.80 bits per heavy atom. The summed E-state index contributed by atoms with van der Waals surface area (Å²) in [6.07, 6.45) is 0. The lowest BCUT2D eigenvalue weighted by Gasteiger charge is -2.14. The van der Waals surface area contributed by atoms with Crippen LogP contribution in [0.5, 0.6) is 0 Å². The summed E-state index contributed by atoms with van der Waals surface area (Å²) in [5.74, 6) is -1.10. The van der Waals surface area contributed by atoms with Gasteiger partial charge in [0.25, 0.3) is 5.69 Å². The van der Waals surface area contributed by atoms with Gasteiger partial charge in [-0.05, 0) is 30.3 Å². The van der Waals surface area contributed by atoms with Gasteiger partial charge >= 0.3 is 5.97 Å². The number of non-ortho nitro benzene ring substituents is 1. The predicted molar refractivity (Wildman–Crippen MR) is 107 cm³/mol. The summed E-state index contributed by atoms with van der Waals surface area (Å²) in [4.78, 5) is 30.6. The standard InChI is InChI=1S/C21H13N5O4/c22-10-13-3-1-2-4-14(13)15-9-12(21(27)28)5-6-16(15)25-17-7-8-18(26(29)30)20-19(17)23-11-24-20/h1-9,25H,11H2,(H,27,28). The van der Waals surface area contributed by atoms with Crippen molar-refractivity contribution >= 4 is 23.0 Å². The highest BCUT2D eigenvalue weighted by Gasteiger charge is 2.18. The normalized spacial score (nSPS) is 11.6. The molecule has 0 saturated heterocycles. The fourth-order valence-electron chi connectivity index (χ4n) is 3.28. The number of nitrogens with zero attached hydrogens (tertiary/aromatic N) is 4. The van der Waals surface area contributed by atoms with Gasteiger partial charge in [-0.15, -0.1) is 0 Å². The number of carboxylic acids is 1. The minimum absolute atomic E-state index is 0.0666. The molecule has 3 aromatic rings. The number of nitrogens with one attached hydrogen (secondary N) is 1. The first-order valence-corrected chi connectivity index (χ1v) is 8.80. The zero-order chi connectivity index (χ0) is 21.3. The number of anilines is 2. The Morgan fingerprint density at radius 3 is 2.53 bits per heavy atom. The summed E-state index contributed by atoms with van der Waals surface area (Å²) in [5.41, 5.74) is 2.41. The highest BCUT2D eigenvalue weighted by Crippen LogP contribution is 2.33. The van der Waals surface area contributed by atoms with Crippen molar-refractivity contribution in [2.75, 3.05) is 12.0 Å². The number of benzene rings is 3. The molecule has 0 atom stereocenters. The number of nitro benzene ring substituents is 1. The van der Waals surface area contributed by atoms with Crippen LogP contribution in [0, 0.1) is 21.4 Å². The van der Waals surface area contributed by atoms with Crippen LogP contribution in [-0.2, 0) is 0 Å². The average Bonchev–Trinajstić information content (AvgIpc) is 3.24. The highest BCUT2D eigenvalue weighted by molar-refractivity contribution is 5.93. The van der Waals surface area contributed by atoms with Gasteiger partial charge in [-0.3, -0.25) is 20.1 Å². The van der Waals surface area contributed by atoms with E-state index in [-0.39, 0.29) is 23.3 Å². The van der Waals surface area contributed by atoms with Crippen LogP contribution in [0.4, 0.5) is 17.1 Å².